The van der Waals surface area contributed by atoms with E-state index in [9.17, 15) is 9.50 Å². The van der Waals surface area contributed by atoms with Crippen LogP contribution in [0.3, 0.4) is 0 Å². The fraction of sp³-hybridized carbons (Fsp3) is 0.471. The molecule has 1 fully saturated rings. The highest BCUT2D eigenvalue weighted by molar-refractivity contribution is 5.79. The summed E-state index contributed by atoms with van der Waals surface area (Å²) in [4.78, 5) is 8.69. The van der Waals surface area contributed by atoms with Gasteiger partial charge in [-0.2, -0.15) is 4.98 Å². The largest absolute Gasteiger partial charge is 0.393 e. The molecule has 3 atom stereocenters. The number of fused-ring (bicyclic) bond motifs is 1. The van der Waals surface area contributed by atoms with Crippen molar-refractivity contribution in [2.75, 3.05) is 11.9 Å². The molecule has 2 N–H and O–H groups in total. The van der Waals surface area contributed by atoms with E-state index in [1.807, 2.05) is 0 Å². The third kappa shape index (κ3) is 2.86. The highest BCUT2D eigenvalue weighted by Crippen LogP contribution is 2.38. The summed E-state index contributed by atoms with van der Waals surface area (Å²) in [6.45, 7) is 2.33. The van der Waals surface area contributed by atoms with Crippen LogP contribution in [0.1, 0.15) is 30.5 Å². The zero-order valence-electron chi connectivity index (χ0n) is 14.1. The van der Waals surface area contributed by atoms with Gasteiger partial charge in [-0.3, -0.25) is 0 Å². The molecular weight excluding hydrogens is 325 g/mol. The smallest absolute Gasteiger partial charge is 0.229 e. The second-order valence-electron chi connectivity index (χ2n) is 6.66. The molecule has 0 radical (unpaired) electrons. The molecule has 1 saturated carbocycles. The quantitative estimate of drug-likeness (QED) is 0.755. The monoisotopic (exact) mass is 345 g/mol. The molecule has 8 heteroatoms. The predicted octanol–water partition coefficient (Wildman–Crippen LogP) is 2.37. The summed E-state index contributed by atoms with van der Waals surface area (Å²) in [6, 6.07) is 4.85. The topological polar surface area (TPSA) is 89.0 Å². The third-order valence-electron chi connectivity index (χ3n) is 4.92. The molecule has 1 aromatic carbocycles. The number of aromatic nitrogens is 4. The SMILES string of the molecule is Cc1noc([C@H]2C[C@H](CNc3nc4cccc(F)c4n3C)[C@H](O)C2)n1. The van der Waals surface area contributed by atoms with Crippen LogP contribution in [-0.2, 0) is 7.05 Å². The van der Waals surface area contributed by atoms with E-state index in [0.29, 0.717) is 41.7 Å². The fourth-order valence-electron chi connectivity index (χ4n) is 3.60. The molecule has 0 saturated heterocycles. The van der Waals surface area contributed by atoms with Gasteiger partial charge in [0.2, 0.25) is 11.8 Å². The van der Waals surface area contributed by atoms with Gasteiger partial charge in [-0.1, -0.05) is 11.2 Å². The van der Waals surface area contributed by atoms with Crippen molar-refractivity contribution in [2.45, 2.75) is 31.8 Å². The number of hydrogen-bond donors (Lipinski definition) is 2. The van der Waals surface area contributed by atoms with Crippen molar-refractivity contribution in [2.24, 2.45) is 13.0 Å². The Kier molecular flexibility index (Phi) is 3.91. The van der Waals surface area contributed by atoms with Crippen LogP contribution in [-0.4, -0.2) is 37.4 Å². The number of nitrogens with one attached hydrogen (secondary N) is 1. The minimum Gasteiger partial charge on any atom is -0.393 e. The van der Waals surface area contributed by atoms with Gasteiger partial charge in [-0.25, -0.2) is 9.37 Å². The first-order valence-electron chi connectivity index (χ1n) is 8.36. The predicted molar refractivity (Wildman–Crippen MR) is 89.7 cm³/mol. The maximum atomic E-state index is 14.0. The first-order valence-corrected chi connectivity index (χ1v) is 8.36. The Morgan fingerprint density at radius 3 is 2.92 bits per heavy atom. The normalized spacial score (nSPS) is 23.4. The number of aliphatic hydroxyl groups excluding tert-OH is 1. The number of rotatable bonds is 4. The van der Waals surface area contributed by atoms with E-state index in [-0.39, 0.29) is 17.7 Å². The van der Waals surface area contributed by atoms with Crippen LogP contribution in [0.4, 0.5) is 10.3 Å². The van der Waals surface area contributed by atoms with Crippen molar-refractivity contribution in [3.05, 3.63) is 35.7 Å². The first kappa shape index (κ1) is 16.0. The standard InChI is InChI=1S/C17H20FN5O2/c1-9-20-16(25-22-9)10-6-11(14(24)7-10)8-19-17-21-13-5-3-4-12(18)15(13)23(17)2/h3-5,10-11,14,24H,6-8H2,1-2H3,(H,19,21)/t10-,11+,14+/m0/s1. The van der Waals surface area contributed by atoms with E-state index in [0.717, 1.165) is 6.42 Å². The molecule has 3 aromatic rings. The first-order chi connectivity index (χ1) is 12.0. The third-order valence-corrected chi connectivity index (χ3v) is 4.92. The van der Waals surface area contributed by atoms with Crippen molar-refractivity contribution < 1.29 is 14.0 Å². The number of imidazole rings is 1. The van der Waals surface area contributed by atoms with E-state index >= 15 is 0 Å². The van der Waals surface area contributed by atoms with E-state index in [1.54, 1.807) is 30.7 Å². The average Bonchev–Trinajstić information content (AvgIpc) is 3.24. The Balaban J connectivity index is 1.46. The summed E-state index contributed by atoms with van der Waals surface area (Å²) in [5.74, 6) is 1.59. The molecule has 0 unspecified atom stereocenters. The molecule has 7 nitrogen and oxygen atoms in total. The molecule has 0 spiro atoms. The van der Waals surface area contributed by atoms with Gasteiger partial charge in [0.1, 0.15) is 11.3 Å². The molecule has 25 heavy (non-hydrogen) atoms. The Morgan fingerprint density at radius 1 is 1.36 bits per heavy atom. The Bertz CT molecular complexity index is 906. The van der Waals surface area contributed by atoms with Gasteiger partial charge < -0.3 is 19.5 Å². The van der Waals surface area contributed by atoms with Gasteiger partial charge in [-0.05, 0) is 31.9 Å². The van der Waals surface area contributed by atoms with Crippen molar-refractivity contribution >= 4 is 17.0 Å². The molecule has 1 aliphatic rings. The van der Waals surface area contributed by atoms with Gasteiger partial charge in [0.05, 0.1) is 11.6 Å². The van der Waals surface area contributed by atoms with Crippen LogP contribution in [0.15, 0.2) is 22.7 Å². The molecule has 1 aliphatic carbocycles. The number of anilines is 1. The second kappa shape index (κ2) is 6.11. The molecule has 0 amide bonds. The van der Waals surface area contributed by atoms with Gasteiger partial charge >= 0.3 is 0 Å². The van der Waals surface area contributed by atoms with Gasteiger partial charge in [0.15, 0.2) is 5.82 Å². The highest BCUT2D eigenvalue weighted by Gasteiger charge is 2.36. The molecule has 132 valence electrons. The summed E-state index contributed by atoms with van der Waals surface area (Å²) in [5.41, 5.74) is 1.08. The Hall–Kier alpha value is -2.48. The lowest BCUT2D eigenvalue weighted by Gasteiger charge is -2.15. The second-order valence-corrected chi connectivity index (χ2v) is 6.66. The summed E-state index contributed by atoms with van der Waals surface area (Å²) >= 11 is 0. The Morgan fingerprint density at radius 2 is 2.20 bits per heavy atom. The maximum Gasteiger partial charge on any atom is 0.229 e. The number of para-hydroxylation sites is 1. The number of benzene rings is 1. The lowest BCUT2D eigenvalue weighted by molar-refractivity contribution is 0.137. The van der Waals surface area contributed by atoms with E-state index < -0.39 is 6.10 Å². The molecule has 2 aromatic heterocycles. The van der Waals surface area contributed by atoms with E-state index in [2.05, 4.69) is 20.4 Å². The molecule has 4 rings (SSSR count). The van der Waals surface area contributed by atoms with Crippen LogP contribution in [0.2, 0.25) is 0 Å². The number of nitrogens with zero attached hydrogens (tertiary/aromatic N) is 4. The lowest BCUT2D eigenvalue weighted by atomic mass is 10.0. The number of hydrogen-bond acceptors (Lipinski definition) is 6. The molecule has 2 heterocycles. The Labute approximate surface area is 143 Å². The number of halogens is 1. The number of aryl methyl sites for hydroxylation is 2. The van der Waals surface area contributed by atoms with Crippen LogP contribution < -0.4 is 5.32 Å². The van der Waals surface area contributed by atoms with Crippen LogP contribution in [0.25, 0.3) is 11.0 Å². The average molecular weight is 345 g/mol. The van der Waals surface area contributed by atoms with Crippen LogP contribution >= 0.6 is 0 Å². The highest BCUT2D eigenvalue weighted by atomic mass is 19.1. The van der Waals surface area contributed by atoms with Crippen molar-refractivity contribution in [3.8, 4) is 0 Å². The summed E-state index contributed by atoms with van der Waals surface area (Å²) < 4.78 is 20.9. The molecular formula is C17H20FN5O2. The van der Waals surface area contributed by atoms with Gasteiger partial charge in [0.25, 0.3) is 0 Å². The number of aliphatic hydroxyl groups is 1. The summed E-state index contributed by atoms with van der Waals surface area (Å²) in [7, 11) is 1.77. The van der Waals surface area contributed by atoms with Crippen LogP contribution in [0.5, 0.6) is 0 Å². The molecule has 0 aliphatic heterocycles. The van der Waals surface area contributed by atoms with Crippen molar-refractivity contribution in [1.82, 2.24) is 19.7 Å². The zero-order chi connectivity index (χ0) is 17.6. The van der Waals surface area contributed by atoms with E-state index in [1.165, 1.54) is 6.07 Å². The van der Waals surface area contributed by atoms with Gasteiger partial charge in [-0.15, -0.1) is 0 Å². The summed E-state index contributed by atoms with van der Waals surface area (Å²) in [6.07, 6.45) is 0.912. The van der Waals surface area contributed by atoms with E-state index in [4.69, 9.17) is 4.52 Å². The lowest BCUT2D eigenvalue weighted by Crippen LogP contribution is -2.23. The van der Waals surface area contributed by atoms with Crippen LogP contribution in [0, 0.1) is 18.7 Å². The summed E-state index contributed by atoms with van der Waals surface area (Å²) in [5, 5.41) is 17.4. The fourth-order valence-corrected chi connectivity index (χ4v) is 3.60. The van der Waals surface area contributed by atoms with Gasteiger partial charge in [0, 0.05) is 25.4 Å². The minimum absolute atomic E-state index is 0.0434. The van der Waals surface area contributed by atoms with Crippen molar-refractivity contribution in [3.63, 3.8) is 0 Å². The molecule has 0 bridgehead atoms. The van der Waals surface area contributed by atoms with Crippen molar-refractivity contribution in [1.29, 1.82) is 0 Å². The minimum atomic E-state index is -0.448. The maximum absolute atomic E-state index is 14.0. The zero-order valence-corrected chi connectivity index (χ0v) is 14.1.